The van der Waals surface area contributed by atoms with Crippen molar-refractivity contribution in [3.63, 3.8) is 0 Å². The summed E-state index contributed by atoms with van der Waals surface area (Å²) in [4.78, 5) is 0.253. The predicted octanol–water partition coefficient (Wildman–Crippen LogP) is 1.89. The van der Waals surface area contributed by atoms with Crippen LogP contribution in [0.25, 0.3) is 0 Å². The van der Waals surface area contributed by atoms with E-state index >= 15 is 0 Å². The molecule has 0 amide bonds. The highest BCUT2D eigenvalue weighted by Crippen LogP contribution is 2.25. The molecule has 1 aromatic carbocycles. The number of tetrazole rings is 1. The SMILES string of the molecule is Cn1nnnc1CC(Br)c1ccccc1. The zero-order chi connectivity index (χ0) is 10.7. The van der Waals surface area contributed by atoms with Crippen LogP contribution in [0.3, 0.4) is 0 Å². The van der Waals surface area contributed by atoms with Gasteiger partial charge in [0.25, 0.3) is 0 Å². The lowest BCUT2D eigenvalue weighted by atomic mass is 10.1. The first-order valence-electron chi connectivity index (χ1n) is 4.67. The highest BCUT2D eigenvalue weighted by atomic mass is 79.9. The normalized spacial score (nSPS) is 12.7. The number of aromatic nitrogens is 4. The molecule has 4 nitrogen and oxygen atoms in total. The number of halogens is 1. The third-order valence-electron chi connectivity index (χ3n) is 2.23. The molecule has 0 saturated carbocycles. The summed E-state index contributed by atoms with van der Waals surface area (Å²) in [5.74, 6) is 0.876. The van der Waals surface area contributed by atoms with Crippen LogP contribution < -0.4 is 0 Å². The van der Waals surface area contributed by atoms with E-state index in [9.17, 15) is 0 Å². The molecule has 0 aliphatic rings. The highest BCUT2D eigenvalue weighted by molar-refractivity contribution is 9.09. The van der Waals surface area contributed by atoms with Crippen molar-refractivity contribution in [2.45, 2.75) is 11.2 Å². The zero-order valence-corrected chi connectivity index (χ0v) is 9.92. The quantitative estimate of drug-likeness (QED) is 0.797. The summed E-state index contributed by atoms with van der Waals surface area (Å²) in [5, 5.41) is 11.4. The lowest BCUT2D eigenvalue weighted by molar-refractivity contribution is 0.671. The molecule has 2 rings (SSSR count). The van der Waals surface area contributed by atoms with Gasteiger partial charge in [0.1, 0.15) is 0 Å². The maximum absolute atomic E-state index is 3.95. The fourth-order valence-electron chi connectivity index (χ4n) is 1.36. The molecule has 1 unspecified atom stereocenters. The second kappa shape index (κ2) is 4.53. The molecule has 0 aliphatic carbocycles. The van der Waals surface area contributed by atoms with Gasteiger partial charge in [-0.05, 0) is 16.0 Å². The number of aryl methyl sites for hydroxylation is 1. The lowest BCUT2D eigenvalue weighted by Gasteiger charge is -2.08. The predicted molar refractivity (Wildman–Crippen MR) is 60.6 cm³/mol. The topological polar surface area (TPSA) is 43.6 Å². The van der Waals surface area contributed by atoms with Gasteiger partial charge < -0.3 is 0 Å². The number of nitrogens with zero attached hydrogens (tertiary/aromatic N) is 4. The van der Waals surface area contributed by atoms with Crippen LogP contribution in [0.2, 0.25) is 0 Å². The summed E-state index contributed by atoms with van der Waals surface area (Å²) in [6, 6.07) is 10.2. The molecule has 0 N–H and O–H groups in total. The van der Waals surface area contributed by atoms with Crippen molar-refractivity contribution >= 4 is 15.9 Å². The van der Waals surface area contributed by atoms with E-state index in [0.29, 0.717) is 0 Å². The Morgan fingerprint density at radius 1 is 1.33 bits per heavy atom. The summed E-state index contributed by atoms with van der Waals surface area (Å²) >= 11 is 3.63. The van der Waals surface area contributed by atoms with E-state index in [1.165, 1.54) is 5.56 Å². The van der Waals surface area contributed by atoms with Gasteiger partial charge in [0.05, 0.1) is 0 Å². The van der Waals surface area contributed by atoms with Crippen LogP contribution in [0.15, 0.2) is 30.3 Å². The largest absolute Gasteiger partial charge is 0.233 e. The van der Waals surface area contributed by atoms with Crippen molar-refractivity contribution in [2.24, 2.45) is 7.05 Å². The Morgan fingerprint density at radius 3 is 2.67 bits per heavy atom. The van der Waals surface area contributed by atoms with Gasteiger partial charge in [-0.25, -0.2) is 4.68 Å². The lowest BCUT2D eigenvalue weighted by Crippen LogP contribution is -2.03. The van der Waals surface area contributed by atoms with Crippen LogP contribution in [0.4, 0.5) is 0 Å². The monoisotopic (exact) mass is 266 g/mol. The Morgan fingerprint density at radius 2 is 2.07 bits per heavy atom. The Hall–Kier alpha value is -1.23. The Bertz CT molecular complexity index is 426. The number of alkyl halides is 1. The maximum Gasteiger partial charge on any atom is 0.152 e. The van der Waals surface area contributed by atoms with Crippen molar-refractivity contribution in [1.82, 2.24) is 20.2 Å². The highest BCUT2D eigenvalue weighted by Gasteiger charge is 2.11. The van der Waals surface area contributed by atoms with Gasteiger partial charge >= 0.3 is 0 Å². The standard InChI is InChI=1S/C10H11BrN4/c1-15-10(12-13-14-15)7-9(11)8-5-3-2-4-6-8/h2-6,9H,7H2,1H3. The van der Waals surface area contributed by atoms with Crippen molar-refractivity contribution in [1.29, 1.82) is 0 Å². The van der Waals surface area contributed by atoms with E-state index in [1.807, 2.05) is 25.2 Å². The van der Waals surface area contributed by atoms with Crippen molar-refractivity contribution in [3.8, 4) is 0 Å². The third-order valence-corrected chi connectivity index (χ3v) is 3.08. The van der Waals surface area contributed by atoms with E-state index in [4.69, 9.17) is 0 Å². The summed E-state index contributed by atoms with van der Waals surface area (Å²) in [6.45, 7) is 0. The summed E-state index contributed by atoms with van der Waals surface area (Å²) in [6.07, 6.45) is 0.785. The zero-order valence-electron chi connectivity index (χ0n) is 8.34. The Labute approximate surface area is 96.4 Å². The minimum absolute atomic E-state index is 0.253. The fourth-order valence-corrected chi connectivity index (χ4v) is 1.96. The first-order valence-corrected chi connectivity index (χ1v) is 5.59. The first-order chi connectivity index (χ1) is 7.27. The molecule has 1 heterocycles. The minimum atomic E-state index is 0.253. The number of hydrogen-bond acceptors (Lipinski definition) is 3. The number of hydrogen-bond donors (Lipinski definition) is 0. The molecule has 5 heteroatoms. The molecule has 2 aromatic rings. The van der Waals surface area contributed by atoms with E-state index < -0.39 is 0 Å². The average molecular weight is 267 g/mol. The third kappa shape index (κ3) is 2.41. The van der Waals surface area contributed by atoms with Crippen LogP contribution in [0, 0.1) is 0 Å². The van der Waals surface area contributed by atoms with Crippen molar-refractivity contribution in [2.75, 3.05) is 0 Å². The molecule has 0 radical (unpaired) electrons. The molecule has 0 bridgehead atoms. The van der Waals surface area contributed by atoms with E-state index in [0.717, 1.165) is 12.2 Å². The Balaban J connectivity index is 2.11. The van der Waals surface area contributed by atoms with Crippen LogP contribution in [0.5, 0.6) is 0 Å². The smallest absolute Gasteiger partial charge is 0.152 e. The molecule has 0 saturated heterocycles. The van der Waals surface area contributed by atoms with Crippen LogP contribution in [0.1, 0.15) is 16.2 Å². The second-order valence-electron chi connectivity index (χ2n) is 3.30. The van der Waals surface area contributed by atoms with Crippen LogP contribution in [-0.4, -0.2) is 20.2 Å². The fraction of sp³-hybridized carbons (Fsp3) is 0.300. The number of benzene rings is 1. The molecule has 0 fully saturated rings. The molecule has 1 aromatic heterocycles. The van der Waals surface area contributed by atoms with Gasteiger partial charge in [-0.3, -0.25) is 0 Å². The van der Waals surface area contributed by atoms with E-state index in [2.05, 4.69) is 43.6 Å². The van der Waals surface area contributed by atoms with Gasteiger partial charge in [-0.1, -0.05) is 46.3 Å². The molecule has 15 heavy (non-hydrogen) atoms. The number of rotatable bonds is 3. The maximum atomic E-state index is 3.95. The average Bonchev–Trinajstić information content (AvgIpc) is 2.66. The van der Waals surface area contributed by atoms with Gasteiger partial charge in [-0.2, -0.15) is 0 Å². The van der Waals surface area contributed by atoms with Gasteiger partial charge in [0, 0.05) is 18.3 Å². The minimum Gasteiger partial charge on any atom is -0.233 e. The van der Waals surface area contributed by atoms with Gasteiger partial charge in [0.2, 0.25) is 0 Å². The summed E-state index contributed by atoms with van der Waals surface area (Å²) in [5.41, 5.74) is 1.24. The van der Waals surface area contributed by atoms with E-state index in [-0.39, 0.29) is 4.83 Å². The molecule has 1 atom stereocenters. The first kappa shape index (κ1) is 10.3. The van der Waals surface area contributed by atoms with Gasteiger partial charge in [-0.15, -0.1) is 5.10 Å². The summed E-state index contributed by atoms with van der Waals surface area (Å²) < 4.78 is 1.69. The second-order valence-corrected chi connectivity index (χ2v) is 4.41. The molecular formula is C10H11BrN4. The molecule has 0 aliphatic heterocycles. The van der Waals surface area contributed by atoms with E-state index in [1.54, 1.807) is 4.68 Å². The van der Waals surface area contributed by atoms with Crippen molar-refractivity contribution in [3.05, 3.63) is 41.7 Å². The molecule has 0 spiro atoms. The molecule has 78 valence electrons. The van der Waals surface area contributed by atoms with Crippen LogP contribution >= 0.6 is 15.9 Å². The van der Waals surface area contributed by atoms with Crippen molar-refractivity contribution < 1.29 is 0 Å². The molecular weight excluding hydrogens is 256 g/mol. The van der Waals surface area contributed by atoms with Crippen LogP contribution in [-0.2, 0) is 13.5 Å². The Kier molecular flexibility index (Phi) is 3.11. The van der Waals surface area contributed by atoms with Gasteiger partial charge in [0.15, 0.2) is 5.82 Å². The summed E-state index contributed by atoms with van der Waals surface area (Å²) in [7, 11) is 1.85.